The Labute approximate surface area is 126 Å². The van der Waals surface area contributed by atoms with Crippen LogP contribution in [0.4, 0.5) is 11.9 Å². The van der Waals surface area contributed by atoms with Crippen LogP contribution in [0.2, 0.25) is 0 Å². The molecule has 21 heavy (non-hydrogen) atoms. The number of nitrogens with one attached hydrogen (secondary N) is 2. The van der Waals surface area contributed by atoms with Crippen LogP contribution in [0, 0.1) is 5.41 Å². The van der Waals surface area contributed by atoms with E-state index in [4.69, 9.17) is 9.84 Å². The molecule has 0 atom stereocenters. The molecule has 120 valence electrons. The minimum Gasteiger partial charge on any atom is -0.463 e. The average molecular weight is 297 g/mol. The molecular weight excluding hydrogens is 270 g/mol. The second-order valence-electron chi connectivity index (χ2n) is 5.71. The summed E-state index contributed by atoms with van der Waals surface area (Å²) in [6.45, 7) is 7.83. The first-order valence-corrected chi connectivity index (χ1v) is 7.42. The predicted octanol–water partition coefficient (Wildman–Crippen LogP) is 1.91. The number of hydrogen-bond acceptors (Lipinski definition) is 7. The average Bonchev–Trinajstić information content (AvgIpc) is 2.49. The fraction of sp³-hybridized carbons (Fsp3) is 0.786. The zero-order valence-corrected chi connectivity index (χ0v) is 13.4. The van der Waals surface area contributed by atoms with Crippen molar-refractivity contribution in [2.75, 3.05) is 37.4 Å². The SMILES string of the molecule is CCCOc1nc(NC)nc(NCC(C)(C)CCCO)n1. The lowest BCUT2D eigenvalue weighted by atomic mass is 9.88. The zero-order chi connectivity index (χ0) is 15.7. The summed E-state index contributed by atoms with van der Waals surface area (Å²) in [6, 6.07) is 0.326. The van der Waals surface area contributed by atoms with E-state index in [0.29, 0.717) is 31.1 Å². The van der Waals surface area contributed by atoms with Crippen molar-refractivity contribution in [3.63, 3.8) is 0 Å². The first kappa shape index (κ1) is 17.4. The summed E-state index contributed by atoms with van der Waals surface area (Å²) < 4.78 is 5.46. The van der Waals surface area contributed by atoms with Gasteiger partial charge in [-0.3, -0.25) is 0 Å². The number of aliphatic hydroxyl groups is 1. The van der Waals surface area contributed by atoms with Crippen LogP contribution in [-0.2, 0) is 0 Å². The molecule has 1 aromatic rings. The van der Waals surface area contributed by atoms with Gasteiger partial charge in [-0.1, -0.05) is 20.8 Å². The van der Waals surface area contributed by atoms with Gasteiger partial charge < -0.3 is 20.5 Å². The minimum absolute atomic E-state index is 0.0552. The summed E-state index contributed by atoms with van der Waals surface area (Å²) in [6.07, 6.45) is 2.62. The Balaban J connectivity index is 2.68. The summed E-state index contributed by atoms with van der Waals surface area (Å²) in [4.78, 5) is 12.7. The second kappa shape index (κ2) is 8.61. The Bertz CT molecular complexity index is 426. The van der Waals surface area contributed by atoms with Gasteiger partial charge in [0.2, 0.25) is 11.9 Å². The van der Waals surface area contributed by atoms with Crippen LogP contribution >= 0.6 is 0 Å². The molecule has 0 aliphatic carbocycles. The molecule has 0 spiro atoms. The zero-order valence-electron chi connectivity index (χ0n) is 13.4. The van der Waals surface area contributed by atoms with Crippen molar-refractivity contribution in [3.8, 4) is 6.01 Å². The lowest BCUT2D eigenvalue weighted by Crippen LogP contribution is -2.24. The highest BCUT2D eigenvalue weighted by atomic mass is 16.5. The molecule has 0 aromatic carbocycles. The molecule has 1 aromatic heterocycles. The number of rotatable bonds is 10. The fourth-order valence-electron chi connectivity index (χ4n) is 1.77. The maximum atomic E-state index is 8.92. The van der Waals surface area contributed by atoms with Crippen LogP contribution in [0.5, 0.6) is 6.01 Å². The fourth-order valence-corrected chi connectivity index (χ4v) is 1.77. The number of anilines is 2. The van der Waals surface area contributed by atoms with Crippen LogP contribution in [0.3, 0.4) is 0 Å². The molecule has 7 heteroatoms. The Morgan fingerprint density at radius 1 is 1.19 bits per heavy atom. The molecule has 0 aliphatic rings. The van der Waals surface area contributed by atoms with E-state index in [1.165, 1.54) is 0 Å². The lowest BCUT2D eigenvalue weighted by molar-refractivity contribution is 0.247. The molecule has 7 nitrogen and oxygen atoms in total. The molecule has 0 saturated heterocycles. The number of ether oxygens (including phenoxy) is 1. The van der Waals surface area contributed by atoms with Crippen LogP contribution < -0.4 is 15.4 Å². The summed E-state index contributed by atoms with van der Waals surface area (Å²) in [5.41, 5.74) is 0.0552. The Hall–Kier alpha value is -1.63. The quantitative estimate of drug-likeness (QED) is 0.607. The van der Waals surface area contributed by atoms with Gasteiger partial charge in [0.15, 0.2) is 0 Å². The van der Waals surface area contributed by atoms with Crippen molar-refractivity contribution < 1.29 is 9.84 Å². The van der Waals surface area contributed by atoms with Gasteiger partial charge in [-0.2, -0.15) is 15.0 Å². The van der Waals surface area contributed by atoms with E-state index in [1.807, 2.05) is 6.92 Å². The van der Waals surface area contributed by atoms with Crippen molar-refractivity contribution in [1.29, 1.82) is 0 Å². The summed E-state index contributed by atoms with van der Waals surface area (Å²) in [5.74, 6) is 0.976. The van der Waals surface area contributed by atoms with Gasteiger partial charge in [0.05, 0.1) is 6.61 Å². The Morgan fingerprint density at radius 2 is 1.90 bits per heavy atom. The third-order valence-corrected chi connectivity index (χ3v) is 3.01. The molecule has 0 bridgehead atoms. The molecular formula is C14H27N5O2. The topological polar surface area (TPSA) is 92.2 Å². The summed E-state index contributed by atoms with van der Waals surface area (Å²) >= 11 is 0. The maximum Gasteiger partial charge on any atom is 0.323 e. The molecule has 0 fully saturated rings. The Kier molecular flexibility index (Phi) is 7.14. The van der Waals surface area contributed by atoms with E-state index in [2.05, 4.69) is 39.4 Å². The van der Waals surface area contributed by atoms with Crippen molar-refractivity contribution in [3.05, 3.63) is 0 Å². The molecule has 0 unspecified atom stereocenters. The third-order valence-electron chi connectivity index (χ3n) is 3.01. The van der Waals surface area contributed by atoms with Crippen molar-refractivity contribution >= 4 is 11.9 Å². The van der Waals surface area contributed by atoms with Crippen LogP contribution in [0.15, 0.2) is 0 Å². The van der Waals surface area contributed by atoms with Gasteiger partial charge in [-0.05, 0) is 24.7 Å². The van der Waals surface area contributed by atoms with Crippen molar-refractivity contribution in [1.82, 2.24) is 15.0 Å². The van der Waals surface area contributed by atoms with Gasteiger partial charge in [0, 0.05) is 20.2 Å². The molecule has 3 N–H and O–H groups in total. The maximum absolute atomic E-state index is 8.92. The van der Waals surface area contributed by atoms with Gasteiger partial charge in [0.1, 0.15) is 0 Å². The van der Waals surface area contributed by atoms with E-state index in [-0.39, 0.29) is 12.0 Å². The molecule has 1 heterocycles. The number of nitrogens with zero attached hydrogens (tertiary/aromatic N) is 3. The highest BCUT2D eigenvalue weighted by molar-refractivity contribution is 5.35. The normalized spacial score (nSPS) is 11.3. The highest BCUT2D eigenvalue weighted by Gasteiger charge is 2.18. The molecule has 0 amide bonds. The van der Waals surface area contributed by atoms with Crippen LogP contribution in [0.1, 0.15) is 40.0 Å². The molecule has 0 radical (unpaired) electrons. The molecule has 1 rings (SSSR count). The number of aromatic nitrogens is 3. The first-order chi connectivity index (χ1) is 10.0. The monoisotopic (exact) mass is 297 g/mol. The van der Waals surface area contributed by atoms with Crippen molar-refractivity contribution in [2.24, 2.45) is 5.41 Å². The number of aliphatic hydroxyl groups excluding tert-OH is 1. The summed E-state index contributed by atoms with van der Waals surface area (Å²) in [7, 11) is 1.76. The van der Waals surface area contributed by atoms with E-state index in [1.54, 1.807) is 7.05 Å². The predicted molar refractivity (Wildman–Crippen MR) is 83.8 cm³/mol. The van der Waals surface area contributed by atoms with Gasteiger partial charge >= 0.3 is 6.01 Å². The lowest BCUT2D eigenvalue weighted by Gasteiger charge is -2.24. The van der Waals surface area contributed by atoms with E-state index < -0.39 is 0 Å². The first-order valence-electron chi connectivity index (χ1n) is 7.42. The largest absolute Gasteiger partial charge is 0.463 e. The molecule has 0 aliphatic heterocycles. The third kappa shape index (κ3) is 6.57. The highest BCUT2D eigenvalue weighted by Crippen LogP contribution is 2.22. The van der Waals surface area contributed by atoms with Gasteiger partial charge in [-0.15, -0.1) is 0 Å². The van der Waals surface area contributed by atoms with E-state index >= 15 is 0 Å². The van der Waals surface area contributed by atoms with Gasteiger partial charge in [0.25, 0.3) is 0 Å². The van der Waals surface area contributed by atoms with Gasteiger partial charge in [-0.25, -0.2) is 0 Å². The summed E-state index contributed by atoms with van der Waals surface area (Å²) in [5, 5.41) is 15.0. The smallest absolute Gasteiger partial charge is 0.323 e. The Morgan fingerprint density at radius 3 is 2.52 bits per heavy atom. The number of hydrogen-bond donors (Lipinski definition) is 3. The van der Waals surface area contributed by atoms with E-state index in [0.717, 1.165) is 19.3 Å². The minimum atomic E-state index is 0.0552. The standard InChI is InChI=1S/C14H27N5O2/c1-5-9-21-13-18-11(15-4)17-12(19-13)16-10-14(2,3)7-6-8-20/h20H,5-10H2,1-4H3,(H2,15,16,17,18,19). The second-order valence-corrected chi connectivity index (χ2v) is 5.71. The van der Waals surface area contributed by atoms with E-state index in [9.17, 15) is 0 Å². The molecule has 0 saturated carbocycles. The van der Waals surface area contributed by atoms with Crippen molar-refractivity contribution in [2.45, 2.75) is 40.0 Å². The van der Waals surface area contributed by atoms with Crippen LogP contribution in [-0.4, -0.2) is 46.9 Å². The van der Waals surface area contributed by atoms with Crippen LogP contribution in [0.25, 0.3) is 0 Å².